The lowest BCUT2D eigenvalue weighted by Gasteiger charge is -2.25. The van der Waals surface area contributed by atoms with Crippen molar-refractivity contribution < 1.29 is 9.50 Å². The van der Waals surface area contributed by atoms with Gasteiger partial charge >= 0.3 is 0 Å². The van der Waals surface area contributed by atoms with Gasteiger partial charge in [-0.05, 0) is 30.5 Å². The fourth-order valence-corrected chi connectivity index (χ4v) is 1.66. The summed E-state index contributed by atoms with van der Waals surface area (Å²) in [6.07, 6.45) is 1.82. The molecule has 0 saturated carbocycles. The van der Waals surface area contributed by atoms with Crippen LogP contribution in [0.3, 0.4) is 0 Å². The van der Waals surface area contributed by atoms with E-state index < -0.39 is 0 Å². The van der Waals surface area contributed by atoms with Crippen LogP contribution in [0.5, 0.6) is 0 Å². The van der Waals surface area contributed by atoms with Gasteiger partial charge in [-0.25, -0.2) is 4.39 Å². The Morgan fingerprint density at radius 2 is 2.38 bits per heavy atom. The highest BCUT2D eigenvalue weighted by molar-refractivity contribution is 5.54. The molecular formula is C10H12FNO. The van der Waals surface area contributed by atoms with Crippen molar-refractivity contribution in [1.82, 2.24) is 0 Å². The van der Waals surface area contributed by atoms with Crippen molar-refractivity contribution in [2.45, 2.75) is 18.9 Å². The second kappa shape index (κ2) is 3.34. The quantitative estimate of drug-likeness (QED) is 0.688. The third kappa shape index (κ3) is 1.65. The lowest BCUT2D eigenvalue weighted by atomic mass is 9.98. The van der Waals surface area contributed by atoms with Crippen LogP contribution in [0.25, 0.3) is 0 Å². The van der Waals surface area contributed by atoms with Crippen molar-refractivity contribution in [3.05, 3.63) is 29.6 Å². The first-order valence-corrected chi connectivity index (χ1v) is 4.45. The lowest BCUT2D eigenvalue weighted by Crippen LogP contribution is -2.28. The smallest absolute Gasteiger partial charge is 0.125 e. The molecule has 1 atom stereocenters. The molecule has 0 radical (unpaired) electrons. The molecule has 13 heavy (non-hydrogen) atoms. The number of aliphatic hydroxyl groups is 1. The van der Waals surface area contributed by atoms with E-state index in [4.69, 9.17) is 5.11 Å². The standard InChI is InChI=1S/C10H12FNO/c11-8-3-1-7-2-4-9(6-13)12-10(7)5-8/h1,3,5,9,12-13H,2,4,6H2/t9-/m0/s1. The summed E-state index contributed by atoms with van der Waals surface area (Å²) < 4.78 is 12.8. The van der Waals surface area contributed by atoms with Crippen LogP contribution in [0.2, 0.25) is 0 Å². The SMILES string of the molecule is OC[C@@H]1CCc2ccc(F)cc2N1. The van der Waals surface area contributed by atoms with Crippen LogP contribution in [0.1, 0.15) is 12.0 Å². The van der Waals surface area contributed by atoms with Crippen LogP contribution in [0, 0.1) is 5.82 Å². The Bertz CT molecular complexity index is 314. The van der Waals surface area contributed by atoms with Crippen molar-refractivity contribution in [2.75, 3.05) is 11.9 Å². The fraction of sp³-hybridized carbons (Fsp3) is 0.400. The largest absolute Gasteiger partial charge is 0.394 e. The van der Waals surface area contributed by atoms with E-state index in [9.17, 15) is 4.39 Å². The molecule has 0 bridgehead atoms. The summed E-state index contributed by atoms with van der Waals surface area (Å²) in [7, 11) is 0. The Labute approximate surface area is 76.4 Å². The molecule has 1 aliphatic rings. The molecule has 0 amide bonds. The van der Waals surface area contributed by atoms with Crippen LogP contribution in [0.4, 0.5) is 10.1 Å². The summed E-state index contributed by atoms with van der Waals surface area (Å²) in [4.78, 5) is 0. The monoisotopic (exact) mass is 181 g/mol. The molecule has 0 aliphatic carbocycles. The first-order chi connectivity index (χ1) is 6.29. The zero-order chi connectivity index (χ0) is 9.26. The predicted octanol–water partition coefficient (Wildman–Crippen LogP) is 1.54. The Hall–Kier alpha value is -1.09. The number of rotatable bonds is 1. The molecule has 2 nitrogen and oxygen atoms in total. The molecule has 0 aromatic heterocycles. The molecule has 0 spiro atoms. The van der Waals surface area contributed by atoms with E-state index in [2.05, 4.69) is 5.32 Å². The summed E-state index contributed by atoms with van der Waals surface area (Å²) in [6.45, 7) is 0.107. The van der Waals surface area contributed by atoms with E-state index in [1.807, 2.05) is 0 Å². The number of fused-ring (bicyclic) bond motifs is 1. The van der Waals surface area contributed by atoms with Crippen molar-refractivity contribution in [1.29, 1.82) is 0 Å². The Morgan fingerprint density at radius 1 is 1.54 bits per heavy atom. The minimum atomic E-state index is -0.232. The van der Waals surface area contributed by atoms with Gasteiger partial charge in [-0.3, -0.25) is 0 Å². The van der Waals surface area contributed by atoms with E-state index >= 15 is 0 Å². The number of nitrogens with one attached hydrogen (secondary N) is 1. The molecule has 70 valence electrons. The maximum atomic E-state index is 12.8. The number of aliphatic hydroxyl groups excluding tert-OH is 1. The maximum Gasteiger partial charge on any atom is 0.125 e. The first kappa shape index (κ1) is 8.51. The highest BCUT2D eigenvalue weighted by atomic mass is 19.1. The number of aryl methyl sites for hydroxylation is 1. The van der Waals surface area contributed by atoms with E-state index in [0.29, 0.717) is 0 Å². The molecule has 0 fully saturated rings. The summed E-state index contributed by atoms with van der Waals surface area (Å²) in [5, 5.41) is 12.0. The van der Waals surface area contributed by atoms with Crippen molar-refractivity contribution in [3.63, 3.8) is 0 Å². The van der Waals surface area contributed by atoms with Gasteiger partial charge in [0.15, 0.2) is 0 Å². The van der Waals surface area contributed by atoms with Crippen LogP contribution >= 0.6 is 0 Å². The normalized spacial score (nSPS) is 20.6. The minimum Gasteiger partial charge on any atom is -0.394 e. The molecule has 2 N–H and O–H groups in total. The topological polar surface area (TPSA) is 32.3 Å². The Kier molecular flexibility index (Phi) is 2.19. The van der Waals surface area contributed by atoms with Gasteiger partial charge in [0.25, 0.3) is 0 Å². The van der Waals surface area contributed by atoms with Gasteiger partial charge in [0.1, 0.15) is 5.82 Å². The van der Waals surface area contributed by atoms with Crippen LogP contribution < -0.4 is 5.32 Å². The van der Waals surface area contributed by atoms with Crippen LogP contribution in [0.15, 0.2) is 18.2 Å². The summed E-state index contributed by atoms with van der Waals surface area (Å²) in [6, 6.07) is 4.83. The van der Waals surface area contributed by atoms with Crippen LogP contribution in [-0.2, 0) is 6.42 Å². The van der Waals surface area contributed by atoms with Gasteiger partial charge < -0.3 is 10.4 Å². The summed E-state index contributed by atoms with van der Waals surface area (Å²) in [5.74, 6) is -0.232. The maximum absolute atomic E-state index is 12.8. The molecule has 0 saturated heterocycles. The Morgan fingerprint density at radius 3 is 3.15 bits per heavy atom. The molecule has 1 heterocycles. The predicted molar refractivity (Wildman–Crippen MR) is 49.2 cm³/mol. The van der Waals surface area contributed by atoms with E-state index in [-0.39, 0.29) is 18.5 Å². The number of hydrogen-bond acceptors (Lipinski definition) is 2. The molecule has 0 unspecified atom stereocenters. The highest BCUT2D eigenvalue weighted by Gasteiger charge is 2.16. The zero-order valence-electron chi connectivity index (χ0n) is 7.26. The van der Waals surface area contributed by atoms with Gasteiger partial charge in [0.2, 0.25) is 0 Å². The van der Waals surface area contributed by atoms with E-state index in [0.717, 1.165) is 24.1 Å². The molecule has 1 aromatic carbocycles. The molecule has 1 aromatic rings. The number of halogens is 1. The third-order valence-electron chi connectivity index (χ3n) is 2.41. The average Bonchev–Trinajstić information content (AvgIpc) is 2.16. The van der Waals surface area contributed by atoms with E-state index in [1.165, 1.54) is 12.1 Å². The van der Waals surface area contributed by atoms with Gasteiger partial charge in [-0.15, -0.1) is 0 Å². The molecule has 2 rings (SSSR count). The van der Waals surface area contributed by atoms with E-state index in [1.54, 1.807) is 6.07 Å². The fourth-order valence-electron chi connectivity index (χ4n) is 1.66. The summed E-state index contributed by atoms with van der Waals surface area (Å²) in [5.41, 5.74) is 1.96. The van der Waals surface area contributed by atoms with Gasteiger partial charge in [0, 0.05) is 11.7 Å². The van der Waals surface area contributed by atoms with Crippen molar-refractivity contribution in [2.24, 2.45) is 0 Å². The lowest BCUT2D eigenvalue weighted by molar-refractivity contribution is 0.267. The first-order valence-electron chi connectivity index (χ1n) is 4.45. The third-order valence-corrected chi connectivity index (χ3v) is 2.41. The summed E-state index contributed by atoms with van der Waals surface area (Å²) >= 11 is 0. The average molecular weight is 181 g/mol. The van der Waals surface area contributed by atoms with Crippen molar-refractivity contribution >= 4 is 5.69 Å². The number of benzene rings is 1. The second-order valence-electron chi connectivity index (χ2n) is 3.36. The van der Waals surface area contributed by atoms with Gasteiger partial charge in [0.05, 0.1) is 6.61 Å². The van der Waals surface area contributed by atoms with Crippen LogP contribution in [-0.4, -0.2) is 17.8 Å². The minimum absolute atomic E-state index is 0.0781. The number of anilines is 1. The molecule has 1 aliphatic heterocycles. The second-order valence-corrected chi connectivity index (χ2v) is 3.36. The Balaban J connectivity index is 2.27. The number of hydrogen-bond donors (Lipinski definition) is 2. The highest BCUT2D eigenvalue weighted by Crippen LogP contribution is 2.25. The zero-order valence-corrected chi connectivity index (χ0v) is 7.26. The van der Waals surface area contributed by atoms with Crippen molar-refractivity contribution in [3.8, 4) is 0 Å². The van der Waals surface area contributed by atoms with Gasteiger partial charge in [-0.1, -0.05) is 6.07 Å². The molecule has 3 heteroatoms. The van der Waals surface area contributed by atoms with Gasteiger partial charge in [-0.2, -0.15) is 0 Å². The molecular weight excluding hydrogens is 169 g/mol.